The maximum atomic E-state index is 12.4. The number of nitro groups is 1. The third-order valence-electron chi connectivity index (χ3n) is 3.59. The zero-order valence-corrected chi connectivity index (χ0v) is 13.5. The molecular weight excluding hydrogens is 302 g/mol. The molecule has 0 bridgehead atoms. The molecule has 0 aliphatic heterocycles. The standard InChI is InChI=1S/C16H21NO6/c1-4-16(14(18)22-5-2,15(19)23-6-3)11-12-7-9-13(10-8-12)17(20)21/h7-10H,4-6,11H2,1-3H3. The number of nitrogens with zero attached hydrogens (tertiary/aromatic N) is 1. The van der Waals surface area contributed by atoms with Crippen LogP contribution in [0.15, 0.2) is 24.3 Å². The van der Waals surface area contributed by atoms with Crippen LogP contribution in [0.3, 0.4) is 0 Å². The van der Waals surface area contributed by atoms with Crippen LogP contribution < -0.4 is 0 Å². The van der Waals surface area contributed by atoms with Gasteiger partial charge < -0.3 is 9.47 Å². The number of hydrogen-bond donors (Lipinski definition) is 0. The van der Waals surface area contributed by atoms with E-state index in [1.54, 1.807) is 20.8 Å². The highest BCUT2D eigenvalue weighted by Crippen LogP contribution is 2.31. The molecule has 0 aromatic heterocycles. The Morgan fingerprint density at radius 2 is 1.52 bits per heavy atom. The van der Waals surface area contributed by atoms with Gasteiger partial charge in [-0.2, -0.15) is 0 Å². The Morgan fingerprint density at radius 3 is 1.87 bits per heavy atom. The van der Waals surface area contributed by atoms with Crippen LogP contribution in [0.2, 0.25) is 0 Å². The number of carbonyl (C=O) groups is 2. The second-order valence-electron chi connectivity index (χ2n) is 4.98. The Balaban J connectivity index is 3.15. The number of esters is 2. The maximum absolute atomic E-state index is 12.4. The summed E-state index contributed by atoms with van der Waals surface area (Å²) in [6.45, 7) is 5.34. The normalized spacial score (nSPS) is 10.9. The van der Waals surface area contributed by atoms with Crippen LogP contribution in [0, 0.1) is 15.5 Å². The van der Waals surface area contributed by atoms with Crippen LogP contribution in [0.25, 0.3) is 0 Å². The lowest BCUT2D eigenvalue weighted by molar-refractivity contribution is -0.384. The van der Waals surface area contributed by atoms with E-state index in [1.807, 2.05) is 0 Å². The lowest BCUT2D eigenvalue weighted by Crippen LogP contribution is -2.43. The zero-order chi connectivity index (χ0) is 17.5. The number of rotatable bonds is 8. The number of ether oxygens (including phenoxy) is 2. The summed E-state index contributed by atoms with van der Waals surface area (Å²) in [7, 11) is 0. The maximum Gasteiger partial charge on any atom is 0.323 e. The first-order valence-electron chi connectivity index (χ1n) is 7.49. The summed E-state index contributed by atoms with van der Waals surface area (Å²) >= 11 is 0. The molecule has 0 radical (unpaired) electrons. The zero-order valence-electron chi connectivity index (χ0n) is 13.5. The van der Waals surface area contributed by atoms with Gasteiger partial charge in [0.1, 0.15) is 0 Å². The summed E-state index contributed by atoms with van der Waals surface area (Å²) < 4.78 is 10.1. The molecule has 0 saturated carbocycles. The lowest BCUT2D eigenvalue weighted by Gasteiger charge is -2.28. The van der Waals surface area contributed by atoms with Gasteiger partial charge >= 0.3 is 11.9 Å². The highest BCUT2D eigenvalue weighted by Gasteiger charge is 2.47. The Hall–Kier alpha value is -2.44. The monoisotopic (exact) mass is 323 g/mol. The van der Waals surface area contributed by atoms with Gasteiger partial charge in [-0.3, -0.25) is 19.7 Å². The van der Waals surface area contributed by atoms with Gasteiger partial charge in [-0.05, 0) is 32.3 Å². The van der Waals surface area contributed by atoms with Gasteiger partial charge in [-0.15, -0.1) is 0 Å². The van der Waals surface area contributed by atoms with Crippen LogP contribution in [-0.4, -0.2) is 30.1 Å². The van der Waals surface area contributed by atoms with Crippen molar-refractivity contribution >= 4 is 17.6 Å². The Bertz CT molecular complexity index is 548. The van der Waals surface area contributed by atoms with Crippen LogP contribution in [0.4, 0.5) is 5.69 Å². The molecule has 1 aromatic rings. The summed E-state index contributed by atoms with van der Waals surface area (Å²) in [6.07, 6.45) is 0.279. The molecule has 7 heteroatoms. The van der Waals surface area contributed by atoms with E-state index in [0.717, 1.165) is 0 Å². The SMILES string of the molecule is CCOC(=O)C(CC)(Cc1ccc([N+](=O)[O-])cc1)C(=O)OCC. The van der Waals surface area contributed by atoms with E-state index >= 15 is 0 Å². The first-order chi connectivity index (χ1) is 10.9. The summed E-state index contributed by atoms with van der Waals surface area (Å²) in [4.78, 5) is 34.9. The van der Waals surface area contributed by atoms with Gasteiger partial charge in [-0.25, -0.2) is 0 Å². The van der Waals surface area contributed by atoms with Crippen molar-refractivity contribution in [3.63, 3.8) is 0 Å². The molecule has 126 valence electrons. The highest BCUT2D eigenvalue weighted by molar-refractivity contribution is 6.00. The molecule has 0 unspecified atom stereocenters. The van der Waals surface area contributed by atoms with Crippen molar-refractivity contribution in [1.82, 2.24) is 0 Å². The molecule has 0 aliphatic rings. The van der Waals surface area contributed by atoms with Crippen LogP contribution >= 0.6 is 0 Å². The van der Waals surface area contributed by atoms with Gasteiger partial charge in [-0.1, -0.05) is 19.1 Å². The molecule has 0 saturated heterocycles. The van der Waals surface area contributed by atoms with Crippen molar-refractivity contribution in [1.29, 1.82) is 0 Å². The molecule has 0 heterocycles. The van der Waals surface area contributed by atoms with Crippen molar-refractivity contribution in [2.45, 2.75) is 33.6 Å². The fraction of sp³-hybridized carbons (Fsp3) is 0.500. The second kappa shape index (κ2) is 8.26. The van der Waals surface area contributed by atoms with E-state index in [1.165, 1.54) is 24.3 Å². The Kier molecular flexibility index (Phi) is 6.68. The van der Waals surface area contributed by atoms with Gasteiger partial charge in [0.2, 0.25) is 0 Å². The quantitative estimate of drug-likeness (QED) is 0.316. The smallest absolute Gasteiger partial charge is 0.323 e. The van der Waals surface area contributed by atoms with E-state index in [0.29, 0.717) is 5.56 Å². The van der Waals surface area contributed by atoms with Gasteiger partial charge in [0, 0.05) is 12.1 Å². The second-order valence-corrected chi connectivity index (χ2v) is 4.98. The van der Waals surface area contributed by atoms with Gasteiger partial charge in [0.15, 0.2) is 5.41 Å². The number of hydrogen-bond acceptors (Lipinski definition) is 6. The van der Waals surface area contributed by atoms with Crippen LogP contribution in [-0.2, 0) is 25.5 Å². The average Bonchev–Trinajstić information content (AvgIpc) is 2.53. The minimum absolute atomic E-state index is 0.0527. The number of nitro benzene ring substituents is 1. The van der Waals surface area contributed by atoms with Crippen molar-refractivity contribution in [2.75, 3.05) is 13.2 Å². The minimum atomic E-state index is -1.44. The number of non-ortho nitro benzene ring substituents is 1. The Morgan fingerprint density at radius 1 is 1.04 bits per heavy atom. The third kappa shape index (κ3) is 4.28. The van der Waals surface area contributed by atoms with E-state index in [-0.39, 0.29) is 31.7 Å². The van der Waals surface area contributed by atoms with E-state index in [4.69, 9.17) is 9.47 Å². The molecule has 0 amide bonds. The molecule has 23 heavy (non-hydrogen) atoms. The molecule has 0 spiro atoms. The summed E-state index contributed by atoms with van der Waals surface area (Å²) in [5.41, 5.74) is -0.871. The fourth-order valence-electron chi connectivity index (χ4n) is 2.26. The number of benzene rings is 1. The average molecular weight is 323 g/mol. The molecule has 0 N–H and O–H groups in total. The van der Waals surface area contributed by atoms with E-state index in [9.17, 15) is 19.7 Å². The molecule has 0 aliphatic carbocycles. The van der Waals surface area contributed by atoms with Crippen LogP contribution in [0.5, 0.6) is 0 Å². The summed E-state index contributed by atoms with van der Waals surface area (Å²) in [5, 5.41) is 10.7. The van der Waals surface area contributed by atoms with Crippen LogP contribution in [0.1, 0.15) is 32.8 Å². The predicted octanol–water partition coefficient (Wildman–Crippen LogP) is 2.66. The number of carbonyl (C=O) groups excluding carboxylic acids is 2. The highest BCUT2D eigenvalue weighted by atomic mass is 16.6. The van der Waals surface area contributed by atoms with Gasteiger partial charge in [0.25, 0.3) is 5.69 Å². The van der Waals surface area contributed by atoms with Crippen molar-refractivity contribution in [3.8, 4) is 0 Å². The van der Waals surface area contributed by atoms with E-state index in [2.05, 4.69) is 0 Å². The molecule has 7 nitrogen and oxygen atoms in total. The minimum Gasteiger partial charge on any atom is -0.465 e. The lowest BCUT2D eigenvalue weighted by atomic mass is 9.79. The molecule has 0 fully saturated rings. The molecule has 1 aromatic carbocycles. The first-order valence-corrected chi connectivity index (χ1v) is 7.49. The van der Waals surface area contributed by atoms with E-state index < -0.39 is 22.3 Å². The summed E-state index contributed by atoms with van der Waals surface area (Å²) in [6, 6.07) is 5.74. The molecule has 1 rings (SSSR count). The molecular formula is C16H21NO6. The van der Waals surface area contributed by atoms with Crippen molar-refractivity contribution < 1.29 is 24.0 Å². The van der Waals surface area contributed by atoms with Crippen molar-refractivity contribution in [3.05, 3.63) is 39.9 Å². The topological polar surface area (TPSA) is 95.7 Å². The Labute approximate surface area is 134 Å². The largest absolute Gasteiger partial charge is 0.465 e. The predicted molar refractivity (Wildman–Crippen MR) is 82.8 cm³/mol. The fourth-order valence-corrected chi connectivity index (χ4v) is 2.26. The third-order valence-corrected chi connectivity index (χ3v) is 3.59. The van der Waals surface area contributed by atoms with Gasteiger partial charge in [0.05, 0.1) is 18.1 Å². The summed E-state index contributed by atoms with van der Waals surface area (Å²) in [5.74, 6) is -1.28. The molecule has 0 atom stereocenters. The first kappa shape index (κ1) is 18.6. The van der Waals surface area contributed by atoms with Crippen molar-refractivity contribution in [2.24, 2.45) is 5.41 Å².